The van der Waals surface area contributed by atoms with E-state index in [-0.39, 0.29) is 22.8 Å². The molecular weight excluding hydrogens is 290 g/mol. The largest absolute Gasteiger partial charge is 0.392 e. The Hall–Kier alpha value is -1.62. The van der Waals surface area contributed by atoms with Crippen molar-refractivity contribution in [3.05, 3.63) is 30.1 Å². The summed E-state index contributed by atoms with van der Waals surface area (Å²) >= 11 is 0. The summed E-state index contributed by atoms with van der Waals surface area (Å²) in [5, 5.41) is 16.0. The minimum Gasteiger partial charge on any atom is -0.392 e. The van der Waals surface area contributed by atoms with E-state index in [0.717, 1.165) is 5.56 Å². The first-order valence-electron chi connectivity index (χ1n) is 8.16. The fraction of sp³-hybridized carbons (Fsp3) is 0.667. The van der Waals surface area contributed by atoms with Gasteiger partial charge in [-0.15, -0.1) is 0 Å². The van der Waals surface area contributed by atoms with Crippen LogP contribution in [0.4, 0.5) is 4.79 Å². The van der Waals surface area contributed by atoms with E-state index in [1.807, 2.05) is 39.8 Å². The topological polar surface area (TPSA) is 74.2 Å². The molecule has 1 rings (SSSR count). The maximum absolute atomic E-state index is 12.0. The predicted octanol–water partition coefficient (Wildman–Crippen LogP) is 2.70. The number of nitrogens with zero attached hydrogens (tertiary/aromatic N) is 1. The minimum absolute atomic E-state index is 0.153. The third-order valence-electron chi connectivity index (χ3n) is 4.29. The number of hydrogen-bond donors (Lipinski definition) is 3. The molecule has 0 aliphatic carbocycles. The Morgan fingerprint density at radius 3 is 2.17 bits per heavy atom. The van der Waals surface area contributed by atoms with Crippen molar-refractivity contribution < 1.29 is 9.90 Å². The Labute approximate surface area is 139 Å². The second kappa shape index (κ2) is 7.77. The van der Waals surface area contributed by atoms with Gasteiger partial charge in [0.15, 0.2) is 0 Å². The Morgan fingerprint density at radius 1 is 1.13 bits per heavy atom. The van der Waals surface area contributed by atoms with Crippen LogP contribution in [0.25, 0.3) is 0 Å². The molecule has 1 heterocycles. The lowest BCUT2D eigenvalue weighted by Gasteiger charge is -2.33. The smallest absolute Gasteiger partial charge is 0.314 e. The van der Waals surface area contributed by atoms with E-state index in [2.05, 4.69) is 29.5 Å². The highest BCUT2D eigenvalue weighted by molar-refractivity contribution is 5.74. The zero-order chi connectivity index (χ0) is 17.7. The monoisotopic (exact) mass is 321 g/mol. The van der Waals surface area contributed by atoms with Crippen molar-refractivity contribution >= 4 is 6.03 Å². The number of rotatable bonds is 7. The molecule has 5 nitrogen and oxygen atoms in total. The number of amides is 2. The van der Waals surface area contributed by atoms with Gasteiger partial charge in [-0.1, -0.05) is 41.5 Å². The summed E-state index contributed by atoms with van der Waals surface area (Å²) in [4.78, 5) is 16.1. The van der Waals surface area contributed by atoms with Crippen molar-refractivity contribution in [2.45, 2.75) is 53.1 Å². The fourth-order valence-corrected chi connectivity index (χ4v) is 2.58. The first-order chi connectivity index (χ1) is 10.6. The van der Waals surface area contributed by atoms with Gasteiger partial charge in [0.2, 0.25) is 0 Å². The molecule has 0 aliphatic heterocycles. The zero-order valence-corrected chi connectivity index (χ0v) is 15.2. The molecule has 3 N–H and O–H groups in total. The second-order valence-electron chi connectivity index (χ2n) is 7.83. The molecular formula is C18H31N3O2. The van der Waals surface area contributed by atoms with Gasteiger partial charge in [-0.25, -0.2) is 4.79 Å². The van der Waals surface area contributed by atoms with Crippen LogP contribution in [0, 0.1) is 11.3 Å². The van der Waals surface area contributed by atoms with Crippen molar-refractivity contribution in [1.82, 2.24) is 15.6 Å². The molecule has 130 valence electrons. The Morgan fingerprint density at radius 2 is 1.65 bits per heavy atom. The number of aliphatic hydroxyl groups is 1. The molecule has 1 unspecified atom stereocenters. The van der Waals surface area contributed by atoms with E-state index >= 15 is 0 Å². The summed E-state index contributed by atoms with van der Waals surface area (Å²) in [5.74, 6) is 0.153. The van der Waals surface area contributed by atoms with Crippen LogP contribution >= 0.6 is 0 Å². The summed E-state index contributed by atoms with van der Waals surface area (Å²) < 4.78 is 0. The molecule has 1 aromatic rings. The lowest BCUT2D eigenvalue weighted by Crippen LogP contribution is -2.48. The Bertz CT molecular complexity index is 498. The summed E-state index contributed by atoms with van der Waals surface area (Å²) in [6, 6.07) is 3.71. The quantitative estimate of drug-likeness (QED) is 0.723. The zero-order valence-electron chi connectivity index (χ0n) is 15.2. The van der Waals surface area contributed by atoms with Crippen LogP contribution in [0.5, 0.6) is 0 Å². The van der Waals surface area contributed by atoms with Crippen LogP contribution in [-0.4, -0.2) is 35.3 Å². The van der Waals surface area contributed by atoms with Gasteiger partial charge in [-0.3, -0.25) is 4.98 Å². The SMILES string of the molecule is CC(C)C(O)C(C)(C)CNC(=O)NCC(C)(C)c1ccncc1. The van der Waals surface area contributed by atoms with E-state index in [1.54, 1.807) is 12.4 Å². The summed E-state index contributed by atoms with van der Waals surface area (Å²) in [6.45, 7) is 13.0. The van der Waals surface area contributed by atoms with E-state index < -0.39 is 6.10 Å². The van der Waals surface area contributed by atoms with Crippen LogP contribution < -0.4 is 10.6 Å². The number of aliphatic hydroxyl groups excluding tert-OH is 1. The van der Waals surface area contributed by atoms with Gasteiger partial charge in [-0.2, -0.15) is 0 Å². The van der Waals surface area contributed by atoms with Crippen LogP contribution in [0.3, 0.4) is 0 Å². The van der Waals surface area contributed by atoms with Crippen molar-refractivity contribution in [3.8, 4) is 0 Å². The highest BCUT2D eigenvalue weighted by atomic mass is 16.3. The molecule has 1 aromatic heterocycles. The van der Waals surface area contributed by atoms with E-state index in [1.165, 1.54) is 0 Å². The summed E-state index contributed by atoms with van der Waals surface area (Å²) in [5.41, 5.74) is 0.586. The lowest BCUT2D eigenvalue weighted by atomic mass is 9.81. The second-order valence-corrected chi connectivity index (χ2v) is 7.83. The van der Waals surface area contributed by atoms with Gasteiger partial charge in [0.05, 0.1) is 6.10 Å². The molecule has 0 aromatic carbocycles. The van der Waals surface area contributed by atoms with Crippen molar-refractivity contribution in [3.63, 3.8) is 0 Å². The van der Waals surface area contributed by atoms with Crippen LogP contribution in [0.2, 0.25) is 0 Å². The summed E-state index contributed by atoms with van der Waals surface area (Å²) in [6.07, 6.45) is 3.05. The van der Waals surface area contributed by atoms with Gasteiger partial charge in [0, 0.05) is 36.3 Å². The lowest BCUT2D eigenvalue weighted by molar-refractivity contribution is 0.0151. The van der Waals surface area contributed by atoms with Crippen LogP contribution in [0.15, 0.2) is 24.5 Å². The van der Waals surface area contributed by atoms with E-state index in [9.17, 15) is 9.90 Å². The molecule has 2 amide bonds. The molecule has 0 saturated heterocycles. The Kier molecular flexibility index (Phi) is 6.57. The van der Waals surface area contributed by atoms with Crippen LogP contribution in [0.1, 0.15) is 47.1 Å². The first-order valence-corrected chi connectivity index (χ1v) is 8.16. The van der Waals surface area contributed by atoms with E-state index in [0.29, 0.717) is 13.1 Å². The normalized spacial score (nSPS) is 13.7. The first kappa shape index (κ1) is 19.4. The number of carbonyl (C=O) groups excluding carboxylic acids is 1. The molecule has 0 radical (unpaired) electrons. The molecule has 0 aliphatic rings. The van der Waals surface area contributed by atoms with Gasteiger partial charge in [-0.05, 0) is 23.6 Å². The molecule has 0 spiro atoms. The number of hydrogen-bond acceptors (Lipinski definition) is 3. The highest BCUT2D eigenvalue weighted by Gasteiger charge is 2.30. The number of nitrogens with one attached hydrogen (secondary N) is 2. The van der Waals surface area contributed by atoms with Gasteiger partial charge >= 0.3 is 6.03 Å². The van der Waals surface area contributed by atoms with Gasteiger partial charge < -0.3 is 15.7 Å². The minimum atomic E-state index is -0.462. The fourth-order valence-electron chi connectivity index (χ4n) is 2.58. The molecule has 0 saturated carbocycles. The predicted molar refractivity (Wildman–Crippen MR) is 93.3 cm³/mol. The van der Waals surface area contributed by atoms with Crippen molar-refractivity contribution in [1.29, 1.82) is 0 Å². The number of carbonyl (C=O) groups is 1. The Balaban J connectivity index is 2.49. The molecule has 5 heteroatoms. The highest BCUT2D eigenvalue weighted by Crippen LogP contribution is 2.25. The third-order valence-corrected chi connectivity index (χ3v) is 4.29. The van der Waals surface area contributed by atoms with Crippen LogP contribution in [-0.2, 0) is 5.41 Å². The van der Waals surface area contributed by atoms with E-state index in [4.69, 9.17) is 0 Å². The summed E-state index contributed by atoms with van der Waals surface area (Å²) in [7, 11) is 0. The number of pyridine rings is 1. The third kappa shape index (κ3) is 5.82. The van der Waals surface area contributed by atoms with Crippen molar-refractivity contribution in [2.24, 2.45) is 11.3 Å². The van der Waals surface area contributed by atoms with Gasteiger partial charge in [0.1, 0.15) is 0 Å². The number of aromatic nitrogens is 1. The maximum atomic E-state index is 12.0. The molecule has 0 fully saturated rings. The average molecular weight is 321 g/mol. The molecule has 23 heavy (non-hydrogen) atoms. The molecule has 1 atom stereocenters. The van der Waals surface area contributed by atoms with Gasteiger partial charge in [0.25, 0.3) is 0 Å². The molecule has 0 bridgehead atoms. The average Bonchev–Trinajstić information content (AvgIpc) is 2.51. The maximum Gasteiger partial charge on any atom is 0.314 e. The van der Waals surface area contributed by atoms with Crippen molar-refractivity contribution in [2.75, 3.05) is 13.1 Å². The standard InChI is InChI=1S/C18H31N3O2/c1-13(2)15(22)18(5,6)12-21-16(23)20-11-17(3,4)14-7-9-19-10-8-14/h7-10,13,15,22H,11-12H2,1-6H3,(H2,20,21,23). The number of urea groups is 1.